The normalized spacial score (nSPS) is 16.8. The van der Waals surface area contributed by atoms with Crippen molar-refractivity contribution in [3.63, 3.8) is 0 Å². The number of carbonyl (C=O) groups excluding carboxylic acids is 1. The van der Waals surface area contributed by atoms with Crippen LogP contribution in [0.1, 0.15) is 15.9 Å². The second kappa shape index (κ2) is 8.01. The molecule has 148 valence electrons. The van der Waals surface area contributed by atoms with E-state index in [4.69, 9.17) is 9.47 Å². The highest BCUT2D eigenvalue weighted by Crippen LogP contribution is 2.43. The topological polar surface area (TPSA) is 54.0 Å². The summed E-state index contributed by atoms with van der Waals surface area (Å²) < 4.78 is 12.7. The smallest absolute Gasteiger partial charge is 0.255 e. The van der Waals surface area contributed by atoms with Gasteiger partial charge in [0.2, 0.25) is 0 Å². The van der Waals surface area contributed by atoms with Gasteiger partial charge in [0.15, 0.2) is 11.5 Å². The largest absolute Gasteiger partial charge is 0.486 e. The molecule has 7 heteroatoms. The molecule has 4 rings (SSSR count). The van der Waals surface area contributed by atoms with Crippen LogP contribution in [0, 0.1) is 6.92 Å². The van der Waals surface area contributed by atoms with Gasteiger partial charge in [0.1, 0.15) is 13.2 Å². The average Bonchev–Trinajstić information content (AvgIpc) is 2.70. The van der Waals surface area contributed by atoms with Gasteiger partial charge in [0, 0.05) is 48.0 Å². The quantitative estimate of drug-likeness (QED) is 0.782. The summed E-state index contributed by atoms with van der Waals surface area (Å²) in [5.74, 6) is 1.31. The fourth-order valence-corrected chi connectivity index (χ4v) is 3.73. The molecule has 2 aliphatic rings. The number of rotatable bonds is 3. The summed E-state index contributed by atoms with van der Waals surface area (Å²) in [5, 5.41) is 3.02. The van der Waals surface area contributed by atoms with Crippen molar-refractivity contribution < 1.29 is 14.3 Å². The fourth-order valence-electron chi connectivity index (χ4n) is 3.48. The van der Waals surface area contributed by atoms with Gasteiger partial charge in [0.25, 0.3) is 5.91 Å². The van der Waals surface area contributed by atoms with E-state index in [-0.39, 0.29) is 5.91 Å². The van der Waals surface area contributed by atoms with Gasteiger partial charge in [-0.15, -0.1) is 0 Å². The Kier molecular flexibility index (Phi) is 5.46. The van der Waals surface area contributed by atoms with Gasteiger partial charge in [0.05, 0.1) is 5.69 Å². The van der Waals surface area contributed by atoms with Crippen LogP contribution in [-0.2, 0) is 0 Å². The average molecular weight is 446 g/mol. The molecule has 0 atom stereocenters. The molecule has 2 heterocycles. The lowest BCUT2D eigenvalue weighted by molar-refractivity contribution is 0.102. The first-order valence-corrected chi connectivity index (χ1v) is 10.3. The lowest BCUT2D eigenvalue weighted by Gasteiger charge is -2.36. The maximum atomic E-state index is 12.8. The Labute approximate surface area is 173 Å². The second-order valence-electron chi connectivity index (χ2n) is 7.23. The third kappa shape index (κ3) is 3.95. The summed E-state index contributed by atoms with van der Waals surface area (Å²) in [4.78, 5) is 17.4. The molecule has 28 heavy (non-hydrogen) atoms. The Bertz CT molecular complexity index is 895. The van der Waals surface area contributed by atoms with Crippen LogP contribution < -0.4 is 19.7 Å². The predicted octanol–water partition coefficient (Wildman–Crippen LogP) is 3.53. The Morgan fingerprint density at radius 1 is 1.07 bits per heavy atom. The summed E-state index contributed by atoms with van der Waals surface area (Å²) >= 11 is 3.47. The molecule has 1 amide bonds. The molecule has 0 spiro atoms. The lowest BCUT2D eigenvalue weighted by atomic mass is 10.1. The second-order valence-corrected chi connectivity index (χ2v) is 8.08. The number of carbonyl (C=O) groups is 1. The van der Waals surface area contributed by atoms with E-state index >= 15 is 0 Å². The molecule has 0 aliphatic carbocycles. The molecule has 1 saturated heterocycles. The van der Waals surface area contributed by atoms with E-state index in [9.17, 15) is 4.79 Å². The molecule has 2 aromatic carbocycles. The fraction of sp³-hybridized carbons (Fsp3) is 0.381. The highest BCUT2D eigenvalue weighted by Gasteiger charge is 2.24. The first-order chi connectivity index (χ1) is 13.5. The van der Waals surface area contributed by atoms with Crippen LogP contribution in [0.5, 0.6) is 11.5 Å². The number of nitrogens with zero attached hydrogens (tertiary/aromatic N) is 2. The molecule has 0 aromatic heterocycles. The van der Waals surface area contributed by atoms with Crippen molar-refractivity contribution in [1.82, 2.24) is 4.90 Å². The number of likely N-dealkylation sites (N-methyl/N-ethyl adjacent to an activating group) is 1. The highest BCUT2D eigenvalue weighted by atomic mass is 79.9. The number of piperazine rings is 1. The van der Waals surface area contributed by atoms with Crippen molar-refractivity contribution >= 4 is 33.2 Å². The number of ether oxygens (including phenoxy) is 2. The van der Waals surface area contributed by atoms with E-state index < -0.39 is 0 Å². The van der Waals surface area contributed by atoms with Crippen molar-refractivity contribution in [1.29, 1.82) is 0 Å². The van der Waals surface area contributed by atoms with Crippen molar-refractivity contribution in [2.75, 3.05) is 56.7 Å². The number of nitrogens with one attached hydrogen (secondary N) is 1. The van der Waals surface area contributed by atoms with E-state index in [1.165, 1.54) is 0 Å². The third-order valence-electron chi connectivity index (χ3n) is 5.14. The summed E-state index contributed by atoms with van der Waals surface area (Å²) in [6, 6.07) is 9.41. The SMILES string of the molecule is Cc1cc(C(=O)Nc2cc3c(c(N4CCN(C)CC4)c2)OCCO3)ccc1Br. The molecule has 1 N–H and O–H groups in total. The molecule has 1 fully saturated rings. The lowest BCUT2D eigenvalue weighted by Crippen LogP contribution is -2.44. The molecule has 0 unspecified atom stereocenters. The highest BCUT2D eigenvalue weighted by molar-refractivity contribution is 9.10. The van der Waals surface area contributed by atoms with E-state index in [2.05, 4.69) is 38.1 Å². The minimum atomic E-state index is -0.142. The van der Waals surface area contributed by atoms with Crippen molar-refractivity contribution in [3.05, 3.63) is 45.9 Å². The number of hydrogen-bond acceptors (Lipinski definition) is 5. The van der Waals surface area contributed by atoms with Crippen LogP contribution in [0.25, 0.3) is 0 Å². The maximum Gasteiger partial charge on any atom is 0.255 e. The van der Waals surface area contributed by atoms with Crippen molar-refractivity contribution in [2.45, 2.75) is 6.92 Å². The molecule has 2 aliphatic heterocycles. The number of benzene rings is 2. The molecular weight excluding hydrogens is 422 g/mol. The van der Waals surface area contributed by atoms with Crippen LogP contribution in [0.4, 0.5) is 11.4 Å². The summed E-state index contributed by atoms with van der Waals surface area (Å²) in [6.45, 7) is 6.83. The van der Waals surface area contributed by atoms with Gasteiger partial charge in [-0.25, -0.2) is 0 Å². The Morgan fingerprint density at radius 2 is 1.82 bits per heavy atom. The number of anilines is 2. The van der Waals surface area contributed by atoms with E-state index in [0.717, 1.165) is 47.7 Å². The van der Waals surface area contributed by atoms with E-state index in [1.807, 2.05) is 37.3 Å². The Morgan fingerprint density at radius 3 is 2.57 bits per heavy atom. The zero-order valence-electron chi connectivity index (χ0n) is 16.1. The van der Waals surface area contributed by atoms with Crippen LogP contribution in [0.3, 0.4) is 0 Å². The summed E-state index contributed by atoms with van der Waals surface area (Å²) in [7, 11) is 2.13. The Hall–Kier alpha value is -2.25. The van der Waals surface area contributed by atoms with Gasteiger partial charge in [-0.3, -0.25) is 4.79 Å². The summed E-state index contributed by atoms with van der Waals surface area (Å²) in [6.07, 6.45) is 0. The van der Waals surface area contributed by atoms with Gasteiger partial charge in [-0.1, -0.05) is 15.9 Å². The van der Waals surface area contributed by atoms with Crippen LogP contribution >= 0.6 is 15.9 Å². The number of halogens is 1. The molecule has 0 radical (unpaired) electrons. The molecule has 0 bridgehead atoms. The maximum absolute atomic E-state index is 12.8. The van der Waals surface area contributed by atoms with E-state index in [1.54, 1.807) is 0 Å². The molecular formula is C21H24BrN3O3. The number of hydrogen-bond donors (Lipinski definition) is 1. The first-order valence-electron chi connectivity index (χ1n) is 9.46. The van der Waals surface area contributed by atoms with Gasteiger partial charge in [-0.2, -0.15) is 0 Å². The van der Waals surface area contributed by atoms with Crippen LogP contribution in [0.15, 0.2) is 34.8 Å². The van der Waals surface area contributed by atoms with Crippen molar-refractivity contribution in [2.24, 2.45) is 0 Å². The van der Waals surface area contributed by atoms with Gasteiger partial charge >= 0.3 is 0 Å². The van der Waals surface area contributed by atoms with Crippen LogP contribution in [-0.4, -0.2) is 57.2 Å². The molecule has 0 saturated carbocycles. The van der Waals surface area contributed by atoms with Crippen LogP contribution in [0.2, 0.25) is 0 Å². The van der Waals surface area contributed by atoms with Crippen molar-refractivity contribution in [3.8, 4) is 11.5 Å². The Balaban J connectivity index is 1.62. The zero-order chi connectivity index (χ0) is 19.7. The number of aryl methyl sites for hydroxylation is 1. The number of fused-ring (bicyclic) bond motifs is 1. The standard InChI is InChI=1S/C21H24BrN3O3/c1-14-11-15(3-4-17(14)22)21(26)23-16-12-18(25-7-5-24(2)6-8-25)20-19(13-16)27-9-10-28-20/h3-4,11-13H,5-10H2,1-2H3,(H,23,26). The number of amides is 1. The minimum Gasteiger partial charge on any atom is -0.486 e. The predicted molar refractivity (Wildman–Crippen MR) is 114 cm³/mol. The minimum absolute atomic E-state index is 0.142. The van der Waals surface area contributed by atoms with Gasteiger partial charge in [-0.05, 0) is 43.8 Å². The first kappa shape index (κ1) is 19.1. The third-order valence-corrected chi connectivity index (χ3v) is 6.03. The monoisotopic (exact) mass is 445 g/mol. The summed E-state index contributed by atoms with van der Waals surface area (Å²) in [5.41, 5.74) is 3.33. The zero-order valence-corrected chi connectivity index (χ0v) is 17.7. The molecule has 2 aromatic rings. The van der Waals surface area contributed by atoms with E-state index in [0.29, 0.717) is 30.2 Å². The molecule has 6 nitrogen and oxygen atoms in total. The van der Waals surface area contributed by atoms with Gasteiger partial charge < -0.3 is 24.6 Å².